The number of methoxy groups -OCH3 is 1. The predicted octanol–water partition coefficient (Wildman–Crippen LogP) is 2.11. The fourth-order valence-electron chi connectivity index (χ4n) is 0.998. The van der Waals surface area contributed by atoms with Crippen molar-refractivity contribution in [2.45, 2.75) is 19.4 Å². The number of ether oxygens (including phenoxy) is 1. The Morgan fingerprint density at radius 3 is 2.61 bits per heavy atom. The van der Waals surface area contributed by atoms with Gasteiger partial charge >= 0.3 is 0 Å². The second-order valence-corrected chi connectivity index (χ2v) is 5.33. The normalized spacial score (nSPS) is 11.7. The molecule has 0 aromatic rings. The standard InChI is InChI=1S/C12H25N3OS.HI/c1-6-8-17-9-7-14-11(13-4)15-10-12(2,3)16-5;/h6H,1,7-10H2,2-5H3,(H2,13,14,15);1H. The van der Waals surface area contributed by atoms with Gasteiger partial charge in [-0.15, -0.1) is 30.6 Å². The van der Waals surface area contributed by atoms with E-state index in [1.54, 1.807) is 14.2 Å². The number of hydrogen-bond donors (Lipinski definition) is 2. The summed E-state index contributed by atoms with van der Waals surface area (Å²) in [6.45, 7) is 9.37. The van der Waals surface area contributed by atoms with E-state index in [0.29, 0.717) is 0 Å². The predicted molar refractivity (Wildman–Crippen MR) is 93.4 cm³/mol. The smallest absolute Gasteiger partial charge is 0.191 e. The maximum atomic E-state index is 5.33. The molecule has 18 heavy (non-hydrogen) atoms. The van der Waals surface area contributed by atoms with Gasteiger partial charge in [-0.3, -0.25) is 4.99 Å². The first-order valence-electron chi connectivity index (χ1n) is 5.74. The van der Waals surface area contributed by atoms with Crippen molar-refractivity contribution in [2.24, 2.45) is 4.99 Å². The molecule has 0 fully saturated rings. The van der Waals surface area contributed by atoms with E-state index < -0.39 is 0 Å². The molecule has 2 N–H and O–H groups in total. The average molecular weight is 387 g/mol. The van der Waals surface area contributed by atoms with Gasteiger partial charge in [0.2, 0.25) is 0 Å². The van der Waals surface area contributed by atoms with Gasteiger partial charge in [0, 0.05) is 38.8 Å². The second kappa shape index (κ2) is 12.1. The molecule has 0 spiro atoms. The summed E-state index contributed by atoms with van der Waals surface area (Å²) in [6.07, 6.45) is 1.92. The molecule has 0 aliphatic rings. The van der Waals surface area contributed by atoms with Gasteiger partial charge in [-0.2, -0.15) is 11.8 Å². The lowest BCUT2D eigenvalue weighted by atomic mass is 10.1. The van der Waals surface area contributed by atoms with Crippen molar-refractivity contribution >= 4 is 41.7 Å². The Labute approximate surface area is 132 Å². The Hall–Kier alpha value is 0.0500. The molecule has 0 unspecified atom stereocenters. The highest BCUT2D eigenvalue weighted by Gasteiger charge is 2.16. The molecule has 0 amide bonds. The molecular weight excluding hydrogens is 361 g/mol. The van der Waals surface area contributed by atoms with Crippen LogP contribution in [0.4, 0.5) is 0 Å². The highest BCUT2D eigenvalue weighted by atomic mass is 127. The van der Waals surface area contributed by atoms with E-state index in [4.69, 9.17) is 4.74 Å². The van der Waals surface area contributed by atoms with Crippen molar-refractivity contribution in [2.75, 3.05) is 38.8 Å². The zero-order chi connectivity index (χ0) is 13.1. The van der Waals surface area contributed by atoms with E-state index in [-0.39, 0.29) is 29.6 Å². The fourth-order valence-corrected chi connectivity index (χ4v) is 1.58. The first-order chi connectivity index (χ1) is 8.05. The van der Waals surface area contributed by atoms with E-state index in [1.807, 2.05) is 31.7 Å². The van der Waals surface area contributed by atoms with Crippen LogP contribution in [0, 0.1) is 0 Å². The third kappa shape index (κ3) is 11.2. The molecule has 0 saturated carbocycles. The molecule has 6 heteroatoms. The van der Waals surface area contributed by atoms with E-state index in [1.165, 1.54) is 0 Å². The number of thioether (sulfide) groups is 1. The van der Waals surface area contributed by atoms with Crippen molar-refractivity contribution in [3.05, 3.63) is 12.7 Å². The quantitative estimate of drug-likeness (QED) is 0.220. The number of nitrogens with one attached hydrogen (secondary N) is 2. The molecule has 0 atom stereocenters. The summed E-state index contributed by atoms with van der Waals surface area (Å²) < 4.78 is 5.33. The summed E-state index contributed by atoms with van der Waals surface area (Å²) in [5.41, 5.74) is -0.185. The number of hydrogen-bond acceptors (Lipinski definition) is 3. The van der Waals surface area contributed by atoms with Crippen LogP contribution in [0.1, 0.15) is 13.8 Å². The van der Waals surface area contributed by atoms with Crippen LogP contribution in [-0.4, -0.2) is 50.3 Å². The van der Waals surface area contributed by atoms with Crippen LogP contribution in [0.25, 0.3) is 0 Å². The molecule has 4 nitrogen and oxygen atoms in total. The zero-order valence-electron chi connectivity index (χ0n) is 11.8. The Balaban J connectivity index is 0. The number of rotatable bonds is 8. The van der Waals surface area contributed by atoms with Gasteiger partial charge in [0.25, 0.3) is 0 Å². The maximum absolute atomic E-state index is 5.33. The molecule has 0 radical (unpaired) electrons. The second-order valence-electron chi connectivity index (χ2n) is 4.18. The minimum atomic E-state index is -0.185. The molecule has 0 aliphatic heterocycles. The summed E-state index contributed by atoms with van der Waals surface area (Å²) in [6, 6.07) is 0. The van der Waals surface area contributed by atoms with Crippen LogP contribution in [-0.2, 0) is 4.74 Å². The van der Waals surface area contributed by atoms with Crippen molar-refractivity contribution in [3.63, 3.8) is 0 Å². The van der Waals surface area contributed by atoms with Gasteiger partial charge in [-0.05, 0) is 13.8 Å². The average Bonchev–Trinajstić information content (AvgIpc) is 2.32. The van der Waals surface area contributed by atoms with Gasteiger partial charge < -0.3 is 15.4 Å². The minimum absolute atomic E-state index is 0. The largest absolute Gasteiger partial charge is 0.377 e. The topological polar surface area (TPSA) is 45.7 Å². The van der Waals surface area contributed by atoms with Crippen LogP contribution in [0.5, 0.6) is 0 Å². The van der Waals surface area contributed by atoms with E-state index in [2.05, 4.69) is 22.2 Å². The lowest BCUT2D eigenvalue weighted by Crippen LogP contribution is -2.45. The molecule has 0 aromatic carbocycles. The molecule has 0 aliphatic carbocycles. The van der Waals surface area contributed by atoms with Crippen molar-refractivity contribution in [3.8, 4) is 0 Å². The Kier molecular flexibility index (Phi) is 13.7. The fraction of sp³-hybridized carbons (Fsp3) is 0.750. The molecule has 0 aromatic heterocycles. The van der Waals surface area contributed by atoms with Gasteiger partial charge in [0.15, 0.2) is 5.96 Å². The molecular formula is C12H26IN3OS. The summed E-state index contributed by atoms with van der Waals surface area (Å²) in [5.74, 6) is 2.85. The summed E-state index contributed by atoms with van der Waals surface area (Å²) in [7, 11) is 3.48. The van der Waals surface area contributed by atoms with Crippen LogP contribution < -0.4 is 10.6 Å². The number of aliphatic imine (C=N–C) groups is 1. The third-order valence-electron chi connectivity index (χ3n) is 2.23. The summed E-state index contributed by atoms with van der Waals surface area (Å²) in [5, 5.41) is 6.49. The first kappa shape index (κ1) is 20.4. The number of nitrogens with zero attached hydrogens (tertiary/aromatic N) is 1. The van der Waals surface area contributed by atoms with E-state index >= 15 is 0 Å². The molecule has 0 rings (SSSR count). The minimum Gasteiger partial charge on any atom is -0.377 e. The monoisotopic (exact) mass is 387 g/mol. The number of halogens is 1. The van der Waals surface area contributed by atoms with Crippen molar-refractivity contribution in [1.82, 2.24) is 10.6 Å². The summed E-state index contributed by atoms with van der Waals surface area (Å²) >= 11 is 1.85. The number of guanidine groups is 1. The highest BCUT2D eigenvalue weighted by molar-refractivity contribution is 14.0. The lowest BCUT2D eigenvalue weighted by molar-refractivity contribution is 0.0268. The third-order valence-corrected chi connectivity index (χ3v) is 3.20. The van der Waals surface area contributed by atoms with E-state index in [0.717, 1.165) is 30.6 Å². The van der Waals surface area contributed by atoms with Crippen LogP contribution >= 0.6 is 35.7 Å². The molecule has 108 valence electrons. The highest BCUT2D eigenvalue weighted by Crippen LogP contribution is 2.04. The summed E-state index contributed by atoms with van der Waals surface area (Å²) in [4.78, 5) is 4.15. The maximum Gasteiger partial charge on any atom is 0.191 e. The van der Waals surface area contributed by atoms with E-state index in [9.17, 15) is 0 Å². The van der Waals surface area contributed by atoms with Gasteiger partial charge in [0.05, 0.1) is 5.60 Å². The molecule has 0 heterocycles. The van der Waals surface area contributed by atoms with Crippen molar-refractivity contribution < 1.29 is 4.74 Å². The van der Waals surface area contributed by atoms with Gasteiger partial charge in [0.1, 0.15) is 0 Å². The van der Waals surface area contributed by atoms with Crippen LogP contribution in [0.3, 0.4) is 0 Å². The lowest BCUT2D eigenvalue weighted by Gasteiger charge is -2.24. The van der Waals surface area contributed by atoms with Crippen LogP contribution in [0.2, 0.25) is 0 Å². The van der Waals surface area contributed by atoms with Gasteiger partial charge in [-0.1, -0.05) is 6.08 Å². The molecule has 0 saturated heterocycles. The zero-order valence-corrected chi connectivity index (χ0v) is 14.9. The molecule has 0 bridgehead atoms. The SMILES string of the molecule is C=CCSCCNC(=NC)NCC(C)(C)OC.I. The first-order valence-corrected chi connectivity index (χ1v) is 6.89. The Morgan fingerprint density at radius 1 is 1.44 bits per heavy atom. The Morgan fingerprint density at radius 2 is 2.11 bits per heavy atom. The van der Waals surface area contributed by atoms with Crippen molar-refractivity contribution in [1.29, 1.82) is 0 Å². The van der Waals surface area contributed by atoms with Gasteiger partial charge in [-0.25, -0.2) is 0 Å². The van der Waals surface area contributed by atoms with Crippen LogP contribution in [0.15, 0.2) is 17.6 Å². The Bertz CT molecular complexity index is 247.